The first-order valence-electron chi connectivity index (χ1n) is 8.53. The van der Waals surface area contributed by atoms with Gasteiger partial charge in [-0.1, -0.05) is 33.1 Å². The molecule has 0 aromatic heterocycles. The molecule has 2 atom stereocenters. The van der Waals surface area contributed by atoms with Crippen molar-refractivity contribution >= 4 is 0 Å². The Hall–Kier alpha value is -0.120. The smallest absolute Gasteiger partial charge is 0.0686 e. The second-order valence-electron chi connectivity index (χ2n) is 7.50. The van der Waals surface area contributed by atoms with Crippen LogP contribution in [0.3, 0.4) is 0 Å². The van der Waals surface area contributed by atoms with E-state index in [1.54, 1.807) is 0 Å². The molecule has 1 spiro atoms. The number of hydrogen-bond acceptors (Lipinski definition) is 3. The largest absolute Gasteiger partial charge is 0.390 e. The van der Waals surface area contributed by atoms with Crippen LogP contribution in [-0.2, 0) is 4.74 Å². The Morgan fingerprint density at radius 1 is 1.30 bits per heavy atom. The lowest BCUT2D eigenvalue weighted by Gasteiger charge is -2.47. The molecule has 1 saturated heterocycles. The molecule has 0 radical (unpaired) electrons. The van der Waals surface area contributed by atoms with E-state index in [-0.39, 0.29) is 5.60 Å². The molecule has 1 saturated carbocycles. The van der Waals surface area contributed by atoms with Crippen LogP contribution < -0.4 is 5.32 Å². The van der Waals surface area contributed by atoms with Crippen LogP contribution in [0.2, 0.25) is 0 Å². The minimum Gasteiger partial charge on any atom is -0.390 e. The Balaban J connectivity index is 1.89. The van der Waals surface area contributed by atoms with Gasteiger partial charge in [0, 0.05) is 12.6 Å². The Morgan fingerprint density at radius 2 is 2.00 bits per heavy atom. The summed E-state index contributed by atoms with van der Waals surface area (Å²) in [6.07, 6.45) is 9.25. The van der Waals surface area contributed by atoms with Gasteiger partial charge in [0.1, 0.15) is 0 Å². The Kier molecular flexibility index (Phi) is 5.49. The quantitative estimate of drug-likeness (QED) is 0.814. The molecule has 3 nitrogen and oxygen atoms in total. The maximum absolute atomic E-state index is 10.9. The molecule has 20 heavy (non-hydrogen) atoms. The van der Waals surface area contributed by atoms with E-state index >= 15 is 0 Å². The van der Waals surface area contributed by atoms with Gasteiger partial charge in [-0.25, -0.2) is 0 Å². The first-order valence-corrected chi connectivity index (χ1v) is 8.53. The molecule has 2 N–H and O–H groups in total. The highest BCUT2D eigenvalue weighted by Gasteiger charge is 2.44. The van der Waals surface area contributed by atoms with Crippen LogP contribution in [0.1, 0.15) is 72.1 Å². The molecule has 118 valence electrons. The molecule has 3 heteroatoms. The maximum Gasteiger partial charge on any atom is 0.0686 e. The summed E-state index contributed by atoms with van der Waals surface area (Å²) >= 11 is 0. The van der Waals surface area contributed by atoms with Crippen LogP contribution in [0, 0.1) is 5.92 Å². The minimum absolute atomic E-state index is 0.0939. The van der Waals surface area contributed by atoms with Gasteiger partial charge in [0.25, 0.3) is 0 Å². The van der Waals surface area contributed by atoms with Crippen LogP contribution in [0.15, 0.2) is 0 Å². The van der Waals surface area contributed by atoms with E-state index in [9.17, 15) is 5.11 Å². The van der Waals surface area contributed by atoms with E-state index < -0.39 is 5.60 Å². The average molecular weight is 283 g/mol. The normalized spacial score (nSPS) is 29.6. The van der Waals surface area contributed by atoms with Crippen LogP contribution in [-0.4, -0.2) is 35.5 Å². The number of ether oxygens (including phenoxy) is 1. The van der Waals surface area contributed by atoms with Crippen LogP contribution in [0.4, 0.5) is 0 Å². The fourth-order valence-corrected chi connectivity index (χ4v) is 3.92. The standard InChI is InChI=1S/C17H33NO2/c1-14(2)18-11-10-16(3,19)15-7-12-20-17(13-15)8-5-4-6-9-17/h14-15,18-19H,4-13H2,1-3H3. The summed E-state index contributed by atoms with van der Waals surface area (Å²) in [7, 11) is 0. The van der Waals surface area contributed by atoms with E-state index in [1.165, 1.54) is 32.1 Å². The van der Waals surface area contributed by atoms with Crippen molar-refractivity contribution in [1.29, 1.82) is 0 Å². The second-order valence-corrected chi connectivity index (χ2v) is 7.50. The molecular weight excluding hydrogens is 250 g/mol. The molecule has 0 bridgehead atoms. The number of aliphatic hydroxyl groups is 1. The fourth-order valence-electron chi connectivity index (χ4n) is 3.92. The van der Waals surface area contributed by atoms with Gasteiger partial charge in [-0.15, -0.1) is 0 Å². The Bertz CT molecular complexity index is 290. The first kappa shape index (κ1) is 16.3. The van der Waals surface area contributed by atoms with Crippen LogP contribution in [0.5, 0.6) is 0 Å². The third-order valence-electron chi connectivity index (χ3n) is 5.32. The number of nitrogens with one attached hydrogen (secondary N) is 1. The summed E-state index contributed by atoms with van der Waals surface area (Å²) in [5.41, 5.74) is -0.466. The average Bonchev–Trinajstić information content (AvgIpc) is 2.39. The predicted octanol–water partition coefficient (Wildman–Crippen LogP) is 3.26. The number of rotatable bonds is 5. The van der Waals surface area contributed by atoms with Gasteiger partial charge in [-0.3, -0.25) is 0 Å². The zero-order valence-corrected chi connectivity index (χ0v) is 13.6. The predicted molar refractivity (Wildman–Crippen MR) is 82.9 cm³/mol. The van der Waals surface area contributed by atoms with E-state index in [4.69, 9.17) is 4.74 Å². The van der Waals surface area contributed by atoms with Gasteiger partial charge in [-0.2, -0.15) is 0 Å². The van der Waals surface area contributed by atoms with Gasteiger partial charge < -0.3 is 15.2 Å². The topological polar surface area (TPSA) is 41.5 Å². The second kappa shape index (κ2) is 6.76. The van der Waals surface area contributed by atoms with Gasteiger partial charge in [-0.05, 0) is 51.5 Å². The lowest BCUT2D eigenvalue weighted by atomic mass is 9.70. The summed E-state index contributed by atoms with van der Waals surface area (Å²) in [6, 6.07) is 0.491. The van der Waals surface area contributed by atoms with E-state index in [2.05, 4.69) is 19.2 Å². The van der Waals surface area contributed by atoms with Gasteiger partial charge in [0.05, 0.1) is 11.2 Å². The van der Waals surface area contributed by atoms with Crippen LogP contribution >= 0.6 is 0 Å². The molecule has 0 aromatic rings. The molecule has 0 amide bonds. The van der Waals surface area contributed by atoms with Crippen molar-refractivity contribution in [1.82, 2.24) is 5.32 Å². The van der Waals surface area contributed by atoms with Crippen LogP contribution in [0.25, 0.3) is 0 Å². The van der Waals surface area contributed by atoms with E-state index in [0.29, 0.717) is 12.0 Å². The summed E-state index contributed by atoms with van der Waals surface area (Å²) in [6.45, 7) is 8.06. The molecule has 0 aromatic carbocycles. The zero-order chi connectivity index (χ0) is 14.6. The third kappa shape index (κ3) is 4.19. The lowest BCUT2D eigenvalue weighted by Crippen LogP contribution is -2.49. The van der Waals surface area contributed by atoms with E-state index in [1.807, 2.05) is 6.92 Å². The zero-order valence-electron chi connectivity index (χ0n) is 13.6. The summed E-state index contributed by atoms with van der Waals surface area (Å²) in [5.74, 6) is 0.392. The highest BCUT2D eigenvalue weighted by atomic mass is 16.5. The van der Waals surface area contributed by atoms with Gasteiger partial charge >= 0.3 is 0 Å². The summed E-state index contributed by atoms with van der Waals surface area (Å²) < 4.78 is 6.15. The number of hydrogen-bond donors (Lipinski definition) is 2. The molecule has 2 aliphatic rings. The molecule has 1 aliphatic heterocycles. The van der Waals surface area contributed by atoms with Crippen molar-refractivity contribution in [2.24, 2.45) is 5.92 Å². The highest BCUT2D eigenvalue weighted by molar-refractivity contribution is 4.95. The Labute approximate surface area is 124 Å². The monoisotopic (exact) mass is 283 g/mol. The third-order valence-corrected chi connectivity index (χ3v) is 5.32. The van der Waals surface area contributed by atoms with Crippen molar-refractivity contribution in [2.45, 2.75) is 89.4 Å². The van der Waals surface area contributed by atoms with Crippen molar-refractivity contribution < 1.29 is 9.84 Å². The van der Waals surface area contributed by atoms with Crippen molar-refractivity contribution in [3.05, 3.63) is 0 Å². The molecule has 1 aliphatic carbocycles. The lowest BCUT2D eigenvalue weighted by molar-refractivity contribution is -0.153. The maximum atomic E-state index is 10.9. The first-order chi connectivity index (χ1) is 9.44. The van der Waals surface area contributed by atoms with E-state index in [0.717, 1.165) is 32.4 Å². The Morgan fingerprint density at radius 3 is 2.65 bits per heavy atom. The molecule has 2 unspecified atom stereocenters. The van der Waals surface area contributed by atoms with Gasteiger partial charge in [0.2, 0.25) is 0 Å². The van der Waals surface area contributed by atoms with Gasteiger partial charge in [0.15, 0.2) is 0 Å². The van der Waals surface area contributed by atoms with Crippen molar-refractivity contribution in [3.8, 4) is 0 Å². The van der Waals surface area contributed by atoms with Crippen molar-refractivity contribution in [3.63, 3.8) is 0 Å². The minimum atomic E-state index is -0.559. The molecular formula is C17H33NO2. The summed E-state index contributed by atoms with van der Waals surface area (Å²) in [4.78, 5) is 0. The molecule has 2 fully saturated rings. The molecule has 2 rings (SSSR count). The summed E-state index contributed by atoms with van der Waals surface area (Å²) in [5, 5.41) is 14.3. The molecule has 1 heterocycles. The SMILES string of the molecule is CC(C)NCCC(C)(O)C1CCOC2(CCCCC2)C1. The van der Waals surface area contributed by atoms with Crippen molar-refractivity contribution in [2.75, 3.05) is 13.2 Å². The fraction of sp³-hybridized carbons (Fsp3) is 1.00. The highest BCUT2D eigenvalue weighted by Crippen LogP contribution is 2.44.